The zero-order valence-corrected chi connectivity index (χ0v) is 17.9. The maximum absolute atomic E-state index is 12.8. The number of urea groups is 1. The van der Waals surface area contributed by atoms with Crippen LogP contribution in [0.1, 0.15) is 37.1 Å². The van der Waals surface area contributed by atoms with E-state index < -0.39 is 0 Å². The molecule has 148 valence electrons. The van der Waals surface area contributed by atoms with E-state index >= 15 is 0 Å². The summed E-state index contributed by atoms with van der Waals surface area (Å²) in [4.78, 5) is 20.7. The second-order valence-corrected chi connectivity index (χ2v) is 9.01. The number of thiophene rings is 1. The lowest BCUT2D eigenvalue weighted by Crippen LogP contribution is -2.46. The van der Waals surface area contributed by atoms with Gasteiger partial charge in [0.2, 0.25) is 0 Å². The van der Waals surface area contributed by atoms with E-state index in [4.69, 9.17) is 0 Å². The van der Waals surface area contributed by atoms with E-state index in [9.17, 15) is 4.79 Å². The van der Waals surface area contributed by atoms with Gasteiger partial charge < -0.3 is 20.0 Å². The van der Waals surface area contributed by atoms with Crippen molar-refractivity contribution in [2.45, 2.75) is 46.2 Å². The molecule has 1 aromatic heterocycles. The fourth-order valence-corrected chi connectivity index (χ4v) is 4.25. The Kier molecular flexibility index (Phi) is 8.38. The molecule has 0 atom stereocenters. The number of hydrogen-bond acceptors (Lipinski definition) is 4. The molecule has 1 aliphatic heterocycles. The predicted molar refractivity (Wildman–Crippen MR) is 111 cm³/mol. The van der Waals surface area contributed by atoms with E-state index in [1.165, 1.54) is 23.3 Å². The molecule has 1 aromatic rings. The third-order valence-corrected chi connectivity index (χ3v) is 6.34. The number of carbonyl (C=O) groups is 1. The SMILES string of the molecule is Cc1ccsc1CN(CCN(C)C)C(=O)NCC1CCN(C(C)C)CC1. The van der Waals surface area contributed by atoms with Crippen molar-refractivity contribution in [2.24, 2.45) is 5.92 Å². The molecule has 6 heteroatoms. The minimum Gasteiger partial charge on any atom is -0.338 e. The Morgan fingerprint density at radius 1 is 1.31 bits per heavy atom. The third-order valence-electron chi connectivity index (χ3n) is 5.33. The zero-order chi connectivity index (χ0) is 19.1. The van der Waals surface area contributed by atoms with Gasteiger partial charge in [-0.25, -0.2) is 4.79 Å². The van der Waals surface area contributed by atoms with Crippen molar-refractivity contribution in [1.29, 1.82) is 0 Å². The zero-order valence-electron chi connectivity index (χ0n) is 17.1. The van der Waals surface area contributed by atoms with Gasteiger partial charge in [-0.3, -0.25) is 0 Å². The van der Waals surface area contributed by atoms with Crippen LogP contribution in [0.15, 0.2) is 11.4 Å². The maximum Gasteiger partial charge on any atom is 0.317 e. The quantitative estimate of drug-likeness (QED) is 0.752. The summed E-state index contributed by atoms with van der Waals surface area (Å²) in [5.74, 6) is 0.605. The molecule has 2 rings (SSSR count). The molecule has 2 heterocycles. The molecule has 0 saturated carbocycles. The summed E-state index contributed by atoms with van der Waals surface area (Å²) in [5.41, 5.74) is 1.28. The minimum atomic E-state index is 0.0749. The minimum absolute atomic E-state index is 0.0749. The molecule has 5 nitrogen and oxygen atoms in total. The normalized spacial score (nSPS) is 16.4. The summed E-state index contributed by atoms with van der Waals surface area (Å²) in [6.45, 7) is 12.1. The van der Waals surface area contributed by atoms with Gasteiger partial charge in [-0.2, -0.15) is 0 Å². The summed E-state index contributed by atoms with van der Waals surface area (Å²) in [6, 6.07) is 2.83. The number of rotatable bonds is 8. The Bertz CT molecular complexity index is 550. The van der Waals surface area contributed by atoms with Crippen molar-refractivity contribution in [3.05, 3.63) is 21.9 Å². The average Bonchev–Trinajstić information content (AvgIpc) is 3.01. The lowest BCUT2D eigenvalue weighted by Gasteiger charge is -2.35. The van der Waals surface area contributed by atoms with E-state index in [-0.39, 0.29) is 6.03 Å². The monoisotopic (exact) mass is 380 g/mol. The molecule has 1 aliphatic rings. The molecular weight excluding hydrogens is 344 g/mol. The second-order valence-electron chi connectivity index (χ2n) is 8.01. The van der Waals surface area contributed by atoms with Gasteiger partial charge in [0.05, 0.1) is 6.54 Å². The van der Waals surface area contributed by atoms with Crippen LogP contribution in [0, 0.1) is 12.8 Å². The van der Waals surface area contributed by atoms with Crippen LogP contribution in [0.2, 0.25) is 0 Å². The third kappa shape index (κ3) is 6.56. The highest BCUT2D eigenvalue weighted by molar-refractivity contribution is 7.10. The Morgan fingerprint density at radius 2 is 2.00 bits per heavy atom. The fraction of sp³-hybridized carbons (Fsp3) is 0.750. The number of amides is 2. The first-order valence-corrected chi connectivity index (χ1v) is 10.7. The Hall–Kier alpha value is -1.11. The van der Waals surface area contributed by atoms with Crippen molar-refractivity contribution in [3.63, 3.8) is 0 Å². The molecule has 0 radical (unpaired) electrons. The first-order valence-electron chi connectivity index (χ1n) is 9.81. The smallest absolute Gasteiger partial charge is 0.317 e. The number of aryl methyl sites for hydroxylation is 1. The molecule has 0 aliphatic carbocycles. The highest BCUT2D eigenvalue weighted by Gasteiger charge is 2.22. The topological polar surface area (TPSA) is 38.8 Å². The van der Waals surface area contributed by atoms with Gasteiger partial charge in [0, 0.05) is 30.6 Å². The standard InChI is InChI=1S/C20H36N4OS/c1-16(2)23-9-6-18(7-10-23)14-21-20(25)24(12-11-22(4)5)15-19-17(3)8-13-26-19/h8,13,16,18H,6-7,9-12,14-15H2,1-5H3,(H,21,25). The van der Waals surface area contributed by atoms with E-state index in [1.54, 1.807) is 11.3 Å². The van der Waals surface area contributed by atoms with Gasteiger partial charge in [0.15, 0.2) is 0 Å². The van der Waals surface area contributed by atoms with Crippen LogP contribution < -0.4 is 5.32 Å². The highest BCUT2D eigenvalue weighted by Crippen LogP contribution is 2.19. The molecule has 0 aromatic carbocycles. The van der Waals surface area contributed by atoms with Gasteiger partial charge in [0.25, 0.3) is 0 Å². The number of piperidine rings is 1. The first kappa shape index (κ1) is 21.2. The van der Waals surface area contributed by atoms with Crippen LogP contribution in [0.5, 0.6) is 0 Å². The molecular formula is C20H36N4OS. The fourth-order valence-electron chi connectivity index (χ4n) is 3.33. The second kappa shape index (κ2) is 10.3. The summed E-state index contributed by atoms with van der Waals surface area (Å²) < 4.78 is 0. The Morgan fingerprint density at radius 3 is 2.54 bits per heavy atom. The number of nitrogens with zero attached hydrogens (tertiary/aromatic N) is 3. The van der Waals surface area contributed by atoms with Crippen molar-refractivity contribution >= 4 is 17.4 Å². The van der Waals surface area contributed by atoms with Gasteiger partial charge >= 0.3 is 6.03 Å². The van der Waals surface area contributed by atoms with Gasteiger partial charge in [-0.1, -0.05) is 0 Å². The lowest BCUT2D eigenvalue weighted by atomic mass is 9.96. The van der Waals surface area contributed by atoms with Crippen molar-refractivity contribution < 1.29 is 4.79 Å². The molecule has 0 bridgehead atoms. The van der Waals surface area contributed by atoms with E-state index in [0.29, 0.717) is 18.5 Å². The summed E-state index contributed by atoms with van der Waals surface area (Å²) >= 11 is 1.74. The van der Waals surface area contributed by atoms with Crippen LogP contribution in [0.3, 0.4) is 0 Å². The number of nitrogens with one attached hydrogen (secondary N) is 1. The first-order chi connectivity index (χ1) is 12.4. The Balaban J connectivity index is 1.84. The molecule has 0 unspecified atom stereocenters. The molecule has 1 N–H and O–H groups in total. The van der Waals surface area contributed by atoms with Gasteiger partial charge in [-0.05, 0) is 83.7 Å². The van der Waals surface area contributed by atoms with Crippen molar-refractivity contribution in [1.82, 2.24) is 20.0 Å². The largest absolute Gasteiger partial charge is 0.338 e. The number of likely N-dealkylation sites (N-methyl/N-ethyl adjacent to an activating group) is 1. The van der Waals surface area contributed by atoms with E-state index in [2.05, 4.69) is 61.4 Å². The molecule has 0 spiro atoms. The molecule has 2 amide bonds. The lowest BCUT2D eigenvalue weighted by molar-refractivity contribution is 0.145. The van der Waals surface area contributed by atoms with Gasteiger partial charge in [-0.15, -0.1) is 11.3 Å². The van der Waals surface area contributed by atoms with Crippen molar-refractivity contribution in [3.8, 4) is 0 Å². The van der Waals surface area contributed by atoms with Gasteiger partial charge in [0.1, 0.15) is 0 Å². The van der Waals surface area contributed by atoms with Crippen LogP contribution in [0.25, 0.3) is 0 Å². The number of hydrogen-bond donors (Lipinski definition) is 1. The average molecular weight is 381 g/mol. The molecule has 1 fully saturated rings. The van der Waals surface area contributed by atoms with Crippen molar-refractivity contribution in [2.75, 3.05) is 46.8 Å². The van der Waals surface area contributed by atoms with E-state index in [0.717, 1.165) is 32.7 Å². The predicted octanol–water partition coefficient (Wildman–Crippen LogP) is 3.25. The van der Waals surface area contributed by atoms with E-state index in [1.807, 2.05) is 4.90 Å². The summed E-state index contributed by atoms with van der Waals surface area (Å²) in [5, 5.41) is 5.31. The Labute approximate surface area is 163 Å². The molecule has 26 heavy (non-hydrogen) atoms. The number of carbonyl (C=O) groups excluding carboxylic acids is 1. The van der Waals surface area contributed by atoms with Crippen LogP contribution >= 0.6 is 11.3 Å². The summed E-state index contributed by atoms with van der Waals surface area (Å²) in [7, 11) is 4.10. The van der Waals surface area contributed by atoms with Crippen LogP contribution in [-0.4, -0.2) is 73.6 Å². The summed E-state index contributed by atoms with van der Waals surface area (Å²) in [6.07, 6.45) is 2.36. The highest BCUT2D eigenvalue weighted by atomic mass is 32.1. The van der Waals surface area contributed by atoms with Crippen LogP contribution in [-0.2, 0) is 6.54 Å². The maximum atomic E-state index is 12.8. The van der Waals surface area contributed by atoms with Crippen LogP contribution in [0.4, 0.5) is 4.79 Å². The molecule has 1 saturated heterocycles. The number of likely N-dealkylation sites (tertiary alicyclic amines) is 1.